The molecule has 0 radical (unpaired) electrons. The lowest BCUT2D eigenvalue weighted by atomic mass is 10.1. The predicted molar refractivity (Wildman–Crippen MR) is 123 cm³/mol. The van der Waals surface area contributed by atoms with Crippen LogP contribution in [-0.2, 0) is 4.79 Å². The number of carbonyl (C=O) groups excluding carboxylic acids is 2. The van der Waals surface area contributed by atoms with Gasteiger partial charge in [-0.25, -0.2) is 4.68 Å². The molecule has 4 rings (SSSR count). The van der Waals surface area contributed by atoms with Crippen LogP contribution in [0.2, 0.25) is 0 Å². The number of aromatic nitrogens is 4. The van der Waals surface area contributed by atoms with Crippen LogP contribution in [-0.4, -0.2) is 37.8 Å². The zero-order valence-corrected chi connectivity index (χ0v) is 18.7. The number of tetrazole rings is 1. The molecule has 1 saturated carbocycles. The van der Waals surface area contributed by atoms with Crippen molar-refractivity contribution in [3.05, 3.63) is 65.7 Å². The fourth-order valence-corrected chi connectivity index (χ4v) is 4.61. The number of carbonyl (C=O) groups is 2. The van der Waals surface area contributed by atoms with Gasteiger partial charge in [-0.15, -0.1) is 5.10 Å². The number of nitrogens with one attached hydrogen (secondary N) is 2. The summed E-state index contributed by atoms with van der Waals surface area (Å²) in [6, 6.07) is 16.9. The molecule has 1 aliphatic carbocycles. The summed E-state index contributed by atoms with van der Waals surface area (Å²) in [7, 11) is 0. The van der Waals surface area contributed by atoms with Crippen LogP contribution < -0.4 is 10.6 Å². The van der Waals surface area contributed by atoms with E-state index in [4.69, 9.17) is 0 Å². The second-order valence-electron chi connectivity index (χ2n) is 7.83. The van der Waals surface area contributed by atoms with Gasteiger partial charge in [-0.1, -0.05) is 67.1 Å². The number of rotatable bonds is 8. The zero-order valence-electron chi connectivity index (χ0n) is 17.9. The van der Waals surface area contributed by atoms with E-state index in [9.17, 15) is 9.59 Å². The van der Waals surface area contributed by atoms with Gasteiger partial charge in [0.1, 0.15) is 0 Å². The minimum atomic E-state index is -0.241. The Morgan fingerprint density at radius 2 is 1.81 bits per heavy atom. The van der Waals surface area contributed by atoms with Crippen molar-refractivity contribution in [2.75, 3.05) is 11.1 Å². The quantitative estimate of drug-likeness (QED) is 0.503. The summed E-state index contributed by atoms with van der Waals surface area (Å²) in [5, 5.41) is 18.4. The Hall–Kier alpha value is -3.20. The first-order chi connectivity index (χ1) is 15.6. The molecule has 1 heterocycles. The van der Waals surface area contributed by atoms with Crippen LogP contribution in [0.4, 0.5) is 5.69 Å². The lowest BCUT2D eigenvalue weighted by Crippen LogP contribution is -2.28. The van der Waals surface area contributed by atoms with Crippen molar-refractivity contribution in [3.63, 3.8) is 0 Å². The van der Waals surface area contributed by atoms with Crippen LogP contribution in [0.25, 0.3) is 0 Å². The molecule has 0 spiro atoms. The number of thioether (sulfide) groups is 1. The summed E-state index contributed by atoms with van der Waals surface area (Å²) in [5.41, 5.74) is 1.91. The Labute approximate surface area is 191 Å². The van der Waals surface area contributed by atoms with E-state index in [-0.39, 0.29) is 23.6 Å². The van der Waals surface area contributed by atoms with Crippen LogP contribution in [0, 0.1) is 0 Å². The van der Waals surface area contributed by atoms with Crippen LogP contribution in [0.1, 0.15) is 60.6 Å². The van der Waals surface area contributed by atoms with Gasteiger partial charge in [0, 0.05) is 0 Å². The molecule has 1 unspecified atom stereocenters. The van der Waals surface area contributed by atoms with Crippen molar-refractivity contribution in [2.45, 2.75) is 49.8 Å². The van der Waals surface area contributed by atoms with E-state index in [1.165, 1.54) is 24.6 Å². The number of nitrogens with zero attached hydrogens (tertiary/aromatic N) is 4. The minimum Gasteiger partial charge on any atom is -0.345 e. The average Bonchev–Trinajstić information content (AvgIpc) is 3.50. The molecule has 8 nitrogen and oxygen atoms in total. The van der Waals surface area contributed by atoms with Crippen molar-refractivity contribution in [1.82, 2.24) is 25.5 Å². The molecule has 32 heavy (non-hydrogen) atoms. The van der Waals surface area contributed by atoms with E-state index in [1.807, 2.05) is 41.9 Å². The minimum absolute atomic E-state index is 0.155. The van der Waals surface area contributed by atoms with Crippen molar-refractivity contribution < 1.29 is 9.59 Å². The molecular formula is C23H26N6O2S. The Morgan fingerprint density at radius 3 is 2.59 bits per heavy atom. The van der Waals surface area contributed by atoms with Crippen molar-refractivity contribution in [3.8, 4) is 0 Å². The molecule has 166 valence electrons. The summed E-state index contributed by atoms with van der Waals surface area (Å²) in [4.78, 5) is 25.5. The maximum absolute atomic E-state index is 12.9. The van der Waals surface area contributed by atoms with E-state index in [1.54, 1.807) is 24.3 Å². The van der Waals surface area contributed by atoms with Crippen LogP contribution in [0.3, 0.4) is 0 Å². The smallest absolute Gasteiger partial charge is 0.253 e. The van der Waals surface area contributed by atoms with E-state index in [0.717, 1.165) is 18.4 Å². The van der Waals surface area contributed by atoms with Gasteiger partial charge in [0.2, 0.25) is 11.1 Å². The SMILES string of the molecule is CC(NC(=O)c1ccccc1NC(=O)CSc1nnnn1C1CCCC1)c1ccccc1. The van der Waals surface area contributed by atoms with Crippen molar-refractivity contribution >= 4 is 29.3 Å². The normalized spacial score (nSPS) is 14.8. The van der Waals surface area contributed by atoms with Gasteiger partial charge in [-0.05, 0) is 47.9 Å². The van der Waals surface area contributed by atoms with Gasteiger partial charge in [-0.2, -0.15) is 0 Å². The van der Waals surface area contributed by atoms with Gasteiger partial charge in [0.15, 0.2) is 0 Å². The van der Waals surface area contributed by atoms with E-state index >= 15 is 0 Å². The molecule has 1 aliphatic rings. The number of amides is 2. The first kappa shape index (κ1) is 22.0. The number of benzene rings is 2. The van der Waals surface area contributed by atoms with E-state index in [2.05, 4.69) is 26.2 Å². The standard InChI is InChI=1S/C23H26N6O2S/c1-16(17-9-3-2-4-10-17)24-22(31)19-13-7-8-14-20(19)25-21(30)15-32-23-26-27-28-29(23)18-11-5-6-12-18/h2-4,7-10,13-14,16,18H,5-6,11-12,15H2,1H3,(H,24,31)(H,25,30). The van der Waals surface area contributed by atoms with Crippen molar-refractivity contribution in [2.24, 2.45) is 0 Å². The third-order valence-electron chi connectivity index (χ3n) is 5.56. The number of para-hydroxylation sites is 1. The molecule has 3 aromatic rings. The van der Waals surface area contributed by atoms with Gasteiger partial charge in [0.05, 0.1) is 29.1 Å². The number of anilines is 1. The molecule has 1 atom stereocenters. The summed E-state index contributed by atoms with van der Waals surface area (Å²) < 4.78 is 1.83. The lowest BCUT2D eigenvalue weighted by molar-refractivity contribution is -0.113. The second kappa shape index (κ2) is 10.4. The summed E-state index contributed by atoms with van der Waals surface area (Å²) in [6.45, 7) is 1.93. The molecule has 2 amide bonds. The molecule has 2 N–H and O–H groups in total. The fraction of sp³-hybridized carbons (Fsp3) is 0.348. The maximum Gasteiger partial charge on any atom is 0.253 e. The second-order valence-corrected chi connectivity index (χ2v) is 8.78. The van der Waals surface area contributed by atoms with E-state index < -0.39 is 0 Å². The average molecular weight is 451 g/mol. The molecule has 9 heteroatoms. The Bertz CT molecular complexity index is 1070. The Kier molecular flexibility index (Phi) is 7.16. The van der Waals surface area contributed by atoms with Gasteiger partial charge >= 0.3 is 0 Å². The third kappa shape index (κ3) is 5.34. The van der Waals surface area contributed by atoms with Crippen LogP contribution in [0.5, 0.6) is 0 Å². The highest BCUT2D eigenvalue weighted by atomic mass is 32.2. The molecule has 0 saturated heterocycles. The van der Waals surface area contributed by atoms with Gasteiger partial charge < -0.3 is 10.6 Å². The molecular weight excluding hydrogens is 424 g/mol. The molecule has 2 aromatic carbocycles. The monoisotopic (exact) mass is 450 g/mol. The number of hydrogen-bond donors (Lipinski definition) is 2. The summed E-state index contributed by atoms with van der Waals surface area (Å²) in [6.07, 6.45) is 4.48. The highest BCUT2D eigenvalue weighted by molar-refractivity contribution is 7.99. The summed E-state index contributed by atoms with van der Waals surface area (Å²) >= 11 is 1.30. The Morgan fingerprint density at radius 1 is 1.09 bits per heavy atom. The zero-order chi connectivity index (χ0) is 22.3. The third-order valence-corrected chi connectivity index (χ3v) is 6.49. The summed E-state index contributed by atoms with van der Waals surface area (Å²) in [5.74, 6) is -0.300. The fourth-order valence-electron chi connectivity index (χ4n) is 3.86. The molecule has 0 bridgehead atoms. The van der Waals surface area contributed by atoms with Crippen molar-refractivity contribution in [1.29, 1.82) is 0 Å². The van der Waals surface area contributed by atoms with Crippen LogP contribution in [0.15, 0.2) is 59.8 Å². The van der Waals surface area contributed by atoms with Crippen LogP contribution >= 0.6 is 11.8 Å². The first-order valence-corrected chi connectivity index (χ1v) is 11.8. The lowest BCUT2D eigenvalue weighted by Gasteiger charge is -2.16. The maximum atomic E-state index is 12.9. The first-order valence-electron chi connectivity index (χ1n) is 10.8. The Balaban J connectivity index is 1.37. The molecule has 0 aliphatic heterocycles. The predicted octanol–water partition coefficient (Wildman–Crippen LogP) is 4.01. The van der Waals surface area contributed by atoms with Gasteiger partial charge in [0.25, 0.3) is 5.91 Å². The highest BCUT2D eigenvalue weighted by Gasteiger charge is 2.22. The molecule has 1 fully saturated rings. The van der Waals surface area contributed by atoms with Gasteiger partial charge in [-0.3, -0.25) is 9.59 Å². The number of hydrogen-bond acceptors (Lipinski definition) is 6. The largest absolute Gasteiger partial charge is 0.345 e. The molecule has 1 aromatic heterocycles. The highest BCUT2D eigenvalue weighted by Crippen LogP contribution is 2.31. The van der Waals surface area contributed by atoms with E-state index in [0.29, 0.717) is 22.4 Å². The topological polar surface area (TPSA) is 102 Å².